The quantitative estimate of drug-likeness (QED) is 0.569. The van der Waals surface area contributed by atoms with Crippen molar-refractivity contribution < 1.29 is 13.2 Å². The van der Waals surface area contributed by atoms with Gasteiger partial charge in [-0.3, -0.25) is 4.99 Å². The lowest BCUT2D eigenvalue weighted by Crippen LogP contribution is -2.49. The van der Waals surface area contributed by atoms with Crippen LogP contribution in [0.15, 0.2) is 4.99 Å². The van der Waals surface area contributed by atoms with E-state index < -0.39 is 14.6 Å². The minimum atomic E-state index is -3.19. The van der Waals surface area contributed by atoms with E-state index in [0.717, 1.165) is 25.3 Å². The number of rotatable bonds is 5. The Hall–Kier alpha value is -0.820. The van der Waals surface area contributed by atoms with Gasteiger partial charge in [-0.1, -0.05) is 13.8 Å². The fraction of sp³-hybridized carbons (Fsp3) is 0.944. The van der Waals surface area contributed by atoms with Crippen LogP contribution in [-0.4, -0.2) is 57.7 Å². The fourth-order valence-corrected chi connectivity index (χ4v) is 5.40. The van der Waals surface area contributed by atoms with Gasteiger partial charge in [-0.25, -0.2) is 8.42 Å². The maximum atomic E-state index is 12.4. The number of guanidine groups is 1. The number of aliphatic imine (C=N–C) groups is 1. The van der Waals surface area contributed by atoms with Crippen molar-refractivity contribution in [1.29, 1.82) is 0 Å². The second kappa shape index (κ2) is 8.71. The van der Waals surface area contributed by atoms with Gasteiger partial charge in [0.1, 0.15) is 0 Å². The molecule has 2 rings (SSSR count). The summed E-state index contributed by atoms with van der Waals surface area (Å²) in [5.74, 6) is 2.16. The Balaban J connectivity index is 2.09. The number of sulfone groups is 1. The average Bonchev–Trinajstić information content (AvgIpc) is 2.52. The van der Waals surface area contributed by atoms with Crippen LogP contribution in [0, 0.1) is 11.8 Å². The normalized spacial score (nSPS) is 30.7. The summed E-state index contributed by atoms with van der Waals surface area (Å²) in [5, 5.41) is 6.82. The molecule has 0 radical (unpaired) electrons. The van der Waals surface area contributed by atoms with E-state index in [2.05, 4.69) is 29.5 Å². The third kappa shape index (κ3) is 5.58. The Morgan fingerprint density at radius 1 is 1.16 bits per heavy atom. The summed E-state index contributed by atoms with van der Waals surface area (Å²) in [6.07, 6.45) is 5.93. The largest absolute Gasteiger partial charge is 0.381 e. The van der Waals surface area contributed by atoms with Gasteiger partial charge in [0.25, 0.3) is 0 Å². The highest BCUT2D eigenvalue weighted by molar-refractivity contribution is 7.92. The first-order valence-corrected chi connectivity index (χ1v) is 11.5. The van der Waals surface area contributed by atoms with Crippen molar-refractivity contribution in [3.05, 3.63) is 0 Å². The zero-order valence-corrected chi connectivity index (χ0v) is 17.0. The molecule has 6 nitrogen and oxygen atoms in total. The van der Waals surface area contributed by atoms with Gasteiger partial charge in [-0.15, -0.1) is 0 Å². The van der Waals surface area contributed by atoms with Crippen molar-refractivity contribution in [3.8, 4) is 0 Å². The molecule has 1 aliphatic carbocycles. The zero-order valence-electron chi connectivity index (χ0n) is 16.2. The molecule has 146 valence electrons. The molecule has 2 N–H and O–H groups in total. The molecule has 0 aromatic rings. The van der Waals surface area contributed by atoms with Gasteiger partial charge < -0.3 is 15.4 Å². The summed E-state index contributed by atoms with van der Waals surface area (Å²) >= 11 is 0. The number of hydrogen-bond donors (Lipinski definition) is 2. The highest BCUT2D eigenvalue weighted by Gasteiger charge is 2.42. The molecule has 1 saturated heterocycles. The zero-order chi connectivity index (χ0) is 18.5. The molecule has 2 atom stereocenters. The van der Waals surface area contributed by atoms with Crippen LogP contribution in [-0.2, 0) is 14.6 Å². The lowest BCUT2D eigenvalue weighted by Gasteiger charge is -2.35. The molecule has 1 saturated carbocycles. The van der Waals surface area contributed by atoms with Crippen LogP contribution in [0.2, 0.25) is 0 Å². The maximum Gasteiger partial charge on any atom is 0.191 e. The molecule has 1 heterocycles. The molecule has 1 aliphatic heterocycles. The summed E-state index contributed by atoms with van der Waals surface area (Å²) in [6, 6.07) is 0.403. The van der Waals surface area contributed by atoms with Gasteiger partial charge in [0.2, 0.25) is 0 Å². The van der Waals surface area contributed by atoms with Crippen LogP contribution < -0.4 is 10.6 Å². The Labute approximate surface area is 153 Å². The minimum Gasteiger partial charge on any atom is -0.381 e. The molecule has 0 amide bonds. The van der Waals surface area contributed by atoms with Crippen molar-refractivity contribution in [3.63, 3.8) is 0 Å². The SMILES string of the molecule is CCNC(=NCC1(S(C)(=O)=O)CCOCC1)NC1CC(C)CC(C)C1. The molecular formula is C18H35N3O3S. The first-order chi connectivity index (χ1) is 11.8. The van der Waals surface area contributed by atoms with E-state index in [0.29, 0.717) is 50.5 Å². The van der Waals surface area contributed by atoms with E-state index in [1.165, 1.54) is 12.7 Å². The molecule has 0 aromatic carbocycles. The van der Waals surface area contributed by atoms with Crippen molar-refractivity contribution >= 4 is 15.8 Å². The Morgan fingerprint density at radius 2 is 1.76 bits per heavy atom. The average molecular weight is 374 g/mol. The smallest absolute Gasteiger partial charge is 0.191 e. The van der Waals surface area contributed by atoms with E-state index in [1.807, 2.05) is 6.92 Å². The van der Waals surface area contributed by atoms with Crippen LogP contribution in [0.1, 0.15) is 52.9 Å². The number of nitrogens with zero attached hydrogens (tertiary/aromatic N) is 1. The molecular weight excluding hydrogens is 338 g/mol. The van der Waals surface area contributed by atoms with Gasteiger partial charge >= 0.3 is 0 Å². The van der Waals surface area contributed by atoms with Crippen molar-refractivity contribution in [2.24, 2.45) is 16.8 Å². The summed E-state index contributed by atoms with van der Waals surface area (Å²) in [7, 11) is -3.19. The van der Waals surface area contributed by atoms with Crippen LogP contribution in [0.3, 0.4) is 0 Å². The number of hydrogen-bond acceptors (Lipinski definition) is 4. The first-order valence-electron chi connectivity index (χ1n) is 9.58. The van der Waals surface area contributed by atoms with Crippen molar-refractivity contribution in [2.45, 2.75) is 63.7 Å². The third-order valence-electron chi connectivity index (χ3n) is 5.58. The molecule has 2 unspecified atom stereocenters. The van der Waals surface area contributed by atoms with Gasteiger partial charge in [-0.05, 0) is 50.9 Å². The van der Waals surface area contributed by atoms with Crippen LogP contribution in [0.5, 0.6) is 0 Å². The maximum absolute atomic E-state index is 12.4. The lowest BCUT2D eigenvalue weighted by molar-refractivity contribution is 0.0768. The molecule has 2 aliphatic rings. The van der Waals surface area contributed by atoms with Crippen molar-refractivity contribution in [1.82, 2.24) is 10.6 Å². The van der Waals surface area contributed by atoms with Gasteiger partial charge in [0.05, 0.1) is 11.3 Å². The van der Waals surface area contributed by atoms with Gasteiger partial charge in [0.15, 0.2) is 15.8 Å². The Bertz CT molecular complexity index is 546. The third-order valence-corrected chi connectivity index (χ3v) is 7.69. The molecule has 0 bridgehead atoms. The summed E-state index contributed by atoms with van der Waals surface area (Å²) in [4.78, 5) is 4.68. The van der Waals surface area contributed by atoms with Gasteiger partial charge in [-0.2, -0.15) is 0 Å². The molecule has 25 heavy (non-hydrogen) atoms. The Kier molecular flexibility index (Phi) is 7.14. The minimum absolute atomic E-state index is 0.294. The summed E-state index contributed by atoms with van der Waals surface area (Å²) < 4.78 is 29.4. The van der Waals surface area contributed by atoms with E-state index >= 15 is 0 Å². The van der Waals surface area contributed by atoms with E-state index in [1.54, 1.807) is 0 Å². The van der Waals surface area contributed by atoms with Crippen LogP contribution in [0.25, 0.3) is 0 Å². The molecule has 2 fully saturated rings. The van der Waals surface area contributed by atoms with Crippen LogP contribution in [0.4, 0.5) is 0 Å². The summed E-state index contributed by atoms with van der Waals surface area (Å²) in [5.41, 5.74) is 0. The lowest BCUT2D eigenvalue weighted by atomic mass is 9.80. The predicted octanol–water partition coefficient (Wildman–Crippen LogP) is 1.96. The second-order valence-electron chi connectivity index (χ2n) is 8.02. The fourth-order valence-electron chi connectivity index (χ4n) is 4.19. The second-order valence-corrected chi connectivity index (χ2v) is 10.4. The van der Waals surface area contributed by atoms with E-state index in [9.17, 15) is 8.42 Å². The highest BCUT2D eigenvalue weighted by atomic mass is 32.2. The van der Waals surface area contributed by atoms with Gasteiger partial charge in [0, 0.05) is 32.1 Å². The molecule has 0 aromatic heterocycles. The first kappa shape index (κ1) is 20.5. The monoisotopic (exact) mass is 373 g/mol. The molecule has 0 spiro atoms. The Morgan fingerprint density at radius 3 is 2.28 bits per heavy atom. The van der Waals surface area contributed by atoms with Crippen molar-refractivity contribution in [2.75, 3.05) is 32.6 Å². The predicted molar refractivity (Wildman–Crippen MR) is 103 cm³/mol. The molecule has 7 heteroatoms. The highest BCUT2D eigenvalue weighted by Crippen LogP contribution is 2.30. The summed E-state index contributed by atoms with van der Waals surface area (Å²) in [6.45, 7) is 8.67. The topological polar surface area (TPSA) is 79.8 Å². The van der Waals surface area contributed by atoms with E-state index in [4.69, 9.17) is 4.74 Å². The number of ether oxygens (including phenoxy) is 1. The number of nitrogens with one attached hydrogen (secondary N) is 2. The van der Waals surface area contributed by atoms with Crippen LogP contribution >= 0.6 is 0 Å². The van der Waals surface area contributed by atoms with E-state index in [-0.39, 0.29) is 0 Å². The standard InChI is InChI=1S/C18H35N3O3S/c1-5-19-17(21-16-11-14(2)10-15(3)12-16)20-13-18(25(4,22)23)6-8-24-9-7-18/h14-16H,5-13H2,1-4H3,(H2,19,20,21).